The van der Waals surface area contributed by atoms with E-state index in [0.717, 1.165) is 12.3 Å². The van der Waals surface area contributed by atoms with Gasteiger partial charge in [-0.15, -0.1) is 0 Å². The molecule has 2 nitrogen and oxygen atoms in total. The van der Waals surface area contributed by atoms with Crippen LogP contribution in [0.1, 0.15) is 57.3 Å². The Bertz CT molecular complexity index is 340. The van der Waals surface area contributed by atoms with Gasteiger partial charge in [0.05, 0.1) is 12.3 Å². The summed E-state index contributed by atoms with van der Waals surface area (Å²) < 4.78 is 5.57. The lowest BCUT2D eigenvalue weighted by molar-refractivity contribution is 0.436. The molecule has 0 radical (unpaired) electrons. The van der Waals surface area contributed by atoms with Crippen LogP contribution < -0.4 is 5.32 Å². The van der Waals surface area contributed by atoms with Gasteiger partial charge in [0.25, 0.3) is 0 Å². The van der Waals surface area contributed by atoms with Gasteiger partial charge in [-0.2, -0.15) is 0 Å². The Balaban J connectivity index is 2.13. The van der Waals surface area contributed by atoms with Crippen molar-refractivity contribution in [3.63, 3.8) is 0 Å². The molecule has 0 fully saturated rings. The first-order valence-corrected chi connectivity index (χ1v) is 6.87. The quantitative estimate of drug-likeness (QED) is 0.788. The molecule has 0 bridgehead atoms. The van der Waals surface area contributed by atoms with Crippen LogP contribution in [0.15, 0.2) is 34.5 Å². The van der Waals surface area contributed by atoms with E-state index in [4.69, 9.17) is 4.42 Å². The van der Waals surface area contributed by atoms with Gasteiger partial charge in [0.2, 0.25) is 0 Å². The smallest absolute Gasteiger partial charge is 0.124 e. The van der Waals surface area contributed by atoms with E-state index in [-0.39, 0.29) is 6.04 Å². The van der Waals surface area contributed by atoms with Gasteiger partial charge >= 0.3 is 0 Å². The predicted octanol–water partition coefficient (Wildman–Crippen LogP) is 4.21. The van der Waals surface area contributed by atoms with Crippen molar-refractivity contribution < 1.29 is 4.42 Å². The van der Waals surface area contributed by atoms with Crippen LogP contribution in [0.3, 0.4) is 0 Å². The van der Waals surface area contributed by atoms with E-state index in [9.17, 15) is 0 Å². The summed E-state index contributed by atoms with van der Waals surface area (Å²) in [5.74, 6) is 1.05. The first-order chi connectivity index (χ1) is 8.42. The van der Waals surface area contributed by atoms with E-state index in [2.05, 4.69) is 24.4 Å². The predicted molar refractivity (Wildman–Crippen MR) is 70.9 cm³/mol. The van der Waals surface area contributed by atoms with Crippen LogP contribution in [-0.4, -0.2) is 6.54 Å². The molecule has 0 saturated carbocycles. The molecule has 2 heteroatoms. The van der Waals surface area contributed by atoms with Gasteiger partial charge in [0.1, 0.15) is 5.76 Å². The molecule has 1 atom stereocenters. The van der Waals surface area contributed by atoms with Crippen LogP contribution in [0.25, 0.3) is 0 Å². The van der Waals surface area contributed by atoms with Gasteiger partial charge in [-0.3, -0.25) is 0 Å². The third kappa shape index (κ3) is 3.47. The first-order valence-electron chi connectivity index (χ1n) is 6.87. The molecule has 0 saturated heterocycles. The SMILES string of the molecule is CCNC(/C1=C/CCCCCC1)c1ccco1. The van der Waals surface area contributed by atoms with E-state index in [0.29, 0.717) is 0 Å². The number of likely N-dealkylation sites (N-methyl/N-ethyl adjacent to an activating group) is 1. The monoisotopic (exact) mass is 233 g/mol. The Morgan fingerprint density at radius 2 is 2.18 bits per heavy atom. The maximum atomic E-state index is 5.57. The normalized spacial score (nSPS) is 22.3. The van der Waals surface area contributed by atoms with E-state index >= 15 is 0 Å². The van der Waals surface area contributed by atoms with Crippen molar-refractivity contribution in [1.82, 2.24) is 5.32 Å². The van der Waals surface area contributed by atoms with E-state index in [1.165, 1.54) is 44.1 Å². The zero-order valence-electron chi connectivity index (χ0n) is 10.7. The van der Waals surface area contributed by atoms with Gasteiger partial charge in [0, 0.05) is 0 Å². The van der Waals surface area contributed by atoms with E-state index < -0.39 is 0 Å². The van der Waals surface area contributed by atoms with Crippen molar-refractivity contribution in [3.05, 3.63) is 35.8 Å². The average Bonchev–Trinajstić information content (AvgIpc) is 2.79. The standard InChI is InChI=1S/C15H23NO/c1-2-16-15(14-11-8-12-17-14)13-9-6-4-3-5-7-10-13/h8-9,11-12,15-16H,2-7,10H2,1H3/b13-9+. The number of furan rings is 1. The molecule has 0 amide bonds. The van der Waals surface area contributed by atoms with Crippen molar-refractivity contribution in [2.24, 2.45) is 0 Å². The summed E-state index contributed by atoms with van der Waals surface area (Å²) >= 11 is 0. The highest BCUT2D eigenvalue weighted by atomic mass is 16.3. The maximum absolute atomic E-state index is 5.57. The lowest BCUT2D eigenvalue weighted by Gasteiger charge is -2.21. The maximum Gasteiger partial charge on any atom is 0.124 e. The lowest BCUT2D eigenvalue weighted by atomic mass is 9.93. The molecule has 1 N–H and O–H groups in total. The van der Waals surface area contributed by atoms with Crippen LogP contribution in [0.5, 0.6) is 0 Å². The van der Waals surface area contributed by atoms with Crippen molar-refractivity contribution in [2.75, 3.05) is 6.54 Å². The zero-order chi connectivity index (χ0) is 11.9. The lowest BCUT2D eigenvalue weighted by Crippen LogP contribution is -2.22. The second-order valence-electron chi connectivity index (χ2n) is 4.74. The Labute approximate surface area is 104 Å². The third-order valence-electron chi connectivity index (χ3n) is 3.43. The number of hydrogen-bond donors (Lipinski definition) is 1. The summed E-state index contributed by atoms with van der Waals surface area (Å²) in [6.45, 7) is 3.13. The van der Waals surface area contributed by atoms with E-state index in [1.807, 2.05) is 6.07 Å². The molecule has 1 unspecified atom stereocenters. The summed E-state index contributed by atoms with van der Waals surface area (Å²) in [5.41, 5.74) is 1.52. The minimum Gasteiger partial charge on any atom is -0.467 e. The molecule has 94 valence electrons. The Kier molecular flexibility index (Phi) is 4.87. The second-order valence-corrected chi connectivity index (χ2v) is 4.74. The Morgan fingerprint density at radius 1 is 1.29 bits per heavy atom. The van der Waals surface area contributed by atoms with Gasteiger partial charge in [-0.25, -0.2) is 0 Å². The van der Waals surface area contributed by atoms with Gasteiger partial charge in [-0.05, 0) is 49.9 Å². The van der Waals surface area contributed by atoms with Crippen LogP contribution >= 0.6 is 0 Å². The minimum absolute atomic E-state index is 0.285. The molecule has 2 rings (SSSR count). The number of rotatable bonds is 4. The van der Waals surface area contributed by atoms with Gasteiger partial charge < -0.3 is 9.73 Å². The summed E-state index contributed by atoms with van der Waals surface area (Å²) in [4.78, 5) is 0. The molecule has 17 heavy (non-hydrogen) atoms. The van der Waals surface area contributed by atoms with E-state index in [1.54, 1.807) is 6.26 Å². The Morgan fingerprint density at radius 3 is 2.94 bits per heavy atom. The van der Waals surface area contributed by atoms with Crippen molar-refractivity contribution in [3.8, 4) is 0 Å². The van der Waals surface area contributed by atoms with Crippen molar-refractivity contribution in [2.45, 2.75) is 51.5 Å². The van der Waals surface area contributed by atoms with Crippen molar-refractivity contribution in [1.29, 1.82) is 0 Å². The van der Waals surface area contributed by atoms with Gasteiger partial charge in [-0.1, -0.05) is 25.8 Å². The second kappa shape index (κ2) is 6.65. The molecule has 1 aromatic heterocycles. The minimum atomic E-state index is 0.285. The van der Waals surface area contributed by atoms with Crippen LogP contribution in [-0.2, 0) is 0 Å². The highest BCUT2D eigenvalue weighted by Crippen LogP contribution is 2.28. The number of hydrogen-bond acceptors (Lipinski definition) is 2. The summed E-state index contributed by atoms with van der Waals surface area (Å²) in [7, 11) is 0. The average molecular weight is 233 g/mol. The number of nitrogens with one attached hydrogen (secondary N) is 1. The largest absolute Gasteiger partial charge is 0.467 e. The fourth-order valence-electron chi connectivity index (χ4n) is 2.55. The molecule has 0 aromatic carbocycles. The molecular weight excluding hydrogens is 210 g/mol. The first kappa shape index (κ1) is 12.4. The van der Waals surface area contributed by atoms with Gasteiger partial charge in [0.15, 0.2) is 0 Å². The van der Waals surface area contributed by atoms with Crippen LogP contribution in [0.4, 0.5) is 0 Å². The molecule has 0 spiro atoms. The summed E-state index contributed by atoms with van der Waals surface area (Å²) in [5, 5.41) is 3.54. The zero-order valence-corrected chi connectivity index (χ0v) is 10.7. The third-order valence-corrected chi connectivity index (χ3v) is 3.43. The molecule has 1 aliphatic rings. The number of allylic oxidation sites excluding steroid dienone is 1. The summed E-state index contributed by atoms with van der Waals surface area (Å²) in [6, 6.07) is 4.34. The molecule has 0 aliphatic heterocycles. The summed E-state index contributed by atoms with van der Waals surface area (Å²) in [6.07, 6.45) is 12.0. The topological polar surface area (TPSA) is 25.2 Å². The molecule has 1 aromatic rings. The molecule has 1 aliphatic carbocycles. The molecular formula is C15H23NO. The fraction of sp³-hybridized carbons (Fsp3) is 0.600. The highest BCUT2D eigenvalue weighted by molar-refractivity contribution is 5.21. The van der Waals surface area contributed by atoms with Crippen LogP contribution in [0.2, 0.25) is 0 Å². The highest BCUT2D eigenvalue weighted by Gasteiger charge is 2.18. The Hall–Kier alpha value is -1.02. The fourth-order valence-corrected chi connectivity index (χ4v) is 2.55. The van der Waals surface area contributed by atoms with Crippen molar-refractivity contribution >= 4 is 0 Å². The van der Waals surface area contributed by atoms with Crippen LogP contribution in [0, 0.1) is 0 Å². The molecule has 1 heterocycles.